The van der Waals surface area contributed by atoms with Gasteiger partial charge < -0.3 is 14.5 Å². The van der Waals surface area contributed by atoms with E-state index in [9.17, 15) is 9.90 Å². The van der Waals surface area contributed by atoms with Crippen LogP contribution >= 0.6 is 0 Å². The van der Waals surface area contributed by atoms with E-state index in [1.807, 2.05) is 6.07 Å². The average molecular weight is 272 g/mol. The van der Waals surface area contributed by atoms with E-state index >= 15 is 0 Å². The minimum atomic E-state index is -1.22. The van der Waals surface area contributed by atoms with Crippen molar-refractivity contribution < 1.29 is 14.3 Å². The fraction of sp³-hybridized carbons (Fsp3) is 0.200. The van der Waals surface area contributed by atoms with Crippen LogP contribution in [-0.2, 0) is 0 Å². The summed E-state index contributed by atoms with van der Waals surface area (Å²) in [5.74, 6) is 0.101. The lowest BCUT2D eigenvalue weighted by molar-refractivity contribution is 0.0717. The van der Waals surface area contributed by atoms with Crippen molar-refractivity contribution in [2.24, 2.45) is 5.10 Å². The summed E-state index contributed by atoms with van der Waals surface area (Å²) in [6.45, 7) is 0. The topological polar surface area (TPSA) is 66.0 Å². The fourth-order valence-corrected chi connectivity index (χ4v) is 1.65. The number of furan rings is 1. The molecule has 0 aliphatic carbocycles. The minimum absolute atomic E-state index is 0.113. The van der Waals surface area contributed by atoms with Crippen LogP contribution in [-0.4, -0.2) is 36.2 Å². The first kappa shape index (κ1) is 14.0. The molecule has 0 fully saturated rings. The standard InChI is InChI=1S/C15H16N2O3/c1-17(2)16-10-12-8-9-13(20-12)15(19)14(18)11-6-4-3-5-7-11/h3-10,14,18H,1-2H3. The monoisotopic (exact) mass is 272 g/mol. The first-order valence-corrected chi connectivity index (χ1v) is 6.16. The zero-order chi connectivity index (χ0) is 14.5. The predicted octanol–water partition coefficient (Wildman–Crippen LogP) is 2.09. The second-order valence-corrected chi connectivity index (χ2v) is 4.47. The molecule has 5 heteroatoms. The number of ketones is 1. The van der Waals surface area contributed by atoms with E-state index in [0.29, 0.717) is 11.3 Å². The first-order valence-electron chi connectivity index (χ1n) is 6.16. The van der Waals surface area contributed by atoms with Crippen molar-refractivity contribution in [1.82, 2.24) is 5.01 Å². The molecule has 104 valence electrons. The highest BCUT2D eigenvalue weighted by Gasteiger charge is 2.21. The molecule has 0 saturated carbocycles. The van der Waals surface area contributed by atoms with Gasteiger partial charge >= 0.3 is 0 Å². The number of benzene rings is 1. The molecule has 2 aromatic rings. The molecule has 0 spiro atoms. The number of rotatable bonds is 5. The summed E-state index contributed by atoms with van der Waals surface area (Å²) in [5, 5.41) is 15.6. The largest absolute Gasteiger partial charge is 0.452 e. The SMILES string of the molecule is CN(C)N=Cc1ccc(C(=O)C(O)c2ccccc2)o1. The molecule has 1 aromatic heterocycles. The summed E-state index contributed by atoms with van der Waals surface area (Å²) in [6.07, 6.45) is 0.284. The maximum atomic E-state index is 12.1. The molecule has 0 aliphatic heterocycles. The Morgan fingerprint density at radius 1 is 1.25 bits per heavy atom. The Balaban J connectivity index is 2.14. The van der Waals surface area contributed by atoms with Gasteiger partial charge in [-0.3, -0.25) is 4.79 Å². The smallest absolute Gasteiger partial charge is 0.230 e. The molecule has 1 N–H and O–H groups in total. The van der Waals surface area contributed by atoms with Crippen LogP contribution in [0.5, 0.6) is 0 Å². The van der Waals surface area contributed by atoms with Crippen LogP contribution in [0.2, 0.25) is 0 Å². The third-order valence-electron chi connectivity index (χ3n) is 2.65. The van der Waals surface area contributed by atoms with Crippen LogP contribution in [0.4, 0.5) is 0 Å². The molecule has 20 heavy (non-hydrogen) atoms. The summed E-state index contributed by atoms with van der Waals surface area (Å²) in [7, 11) is 3.56. The number of hydrogen-bond donors (Lipinski definition) is 1. The quantitative estimate of drug-likeness (QED) is 0.514. The van der Waals surface area contributed by atoms with Crippen molar-refractivity contribution in [1.29, 1.82) is 0 Å². The fourth-order valence-electron chi connectivity index (χ4n) is 1.65. The Labute approximate surface area is 117 Å². The van der Waals surface area contributed by atoms with E-state index < -0.39 is 11.9 Å². The van der Waals surface area contributed by atoms with E-state index in [-0.39, 0.29) is 5.76 Å². The maximum absolute atomic E-state index is 12.1. The van der Waals surface area contributed by atoms with Gasteiger partial charge in [-0.15, -0.1) is 0 Å². The Morgan fingerprint density at radius 3 is 2.60 bits per heavy atom. The minimum Gasteiger partial charge on any atom is -0.452 e. The van der Waals surface area contributed by atoms with Crippen molar-refractivity contribution in [3.05, 3.63) is 59.5 Å². The van der Waals surface area contributed by atoms with Gasteiger partial charge in [0.15, 0.2) is 5.76 Å². The number of Topliss-reactive ketones (excluding diaryl/α,β-unsaturated/α-hetero) is 1. The van der Waals surface area contributed by atoms with Crippen LogP contribution in [0.25, 0.3) is 0 Å². The number of nitrogens with zero attached hydrogens (tertiary/aromatic N) is 2. The third-order valence-corrected chi connectivity index (χ3v) is 2.65. The highest BCUT2D eigenvalue weighted by atomic mass is 16.4. The summed E-state index contributed by atoms with van der Waals surface area (Å²) < 4.78 is 5.35. The van der Waals surface area contributed by atoms with E-state index in [1.165, 1.54) is 12.3 Å². The van der Waals surface area contributed by atoms with Gasteiger partial charge in [-0.05, 0) is 17.7 Å². The number of carbonyl (C=O) groups is 1. The normalized spacial score (nSPS) is 12.6. The highest BCUT2D eigenvalue weighted by Crippen LogP contribution is 2.19. The molecule has 1 unspecified atom stereocenters. The van der Waals surface area contributed by atoms with E-state index in [2.05, 4.69) is 5.10 Å². The van der Waals surface area contributed by atoms with Gasteiger partial charge in [0.1, 0.15) is 11.9 Å². The van der Waals surface area contributed by atoms with Crippen molar-refractivity contribution >= 4 is 12.0 Å². The third kappa shape index (κ3) is 3.33. The Kier molecular flexibility index (Phi) is 4.32. The van der Waals surface area contributed by atoms with Gasteiger partial charge in [-0.25, -0.2) is 0 Å². The van der Waals surface area contributed by atoms with Gasteiger partial charge in [-0.2, -0.15) is 5.10 Å². The number of hydrazone groups is 1. The van der Waals surface area contributed by atoms with E-state index in [0.717, 1.165) is 0 Å². The maximum Gasteiger partial charge on any atom is 0.230 e. The molecule has 2 rings (SSSR count). The van der Waals surface area contributed by atoms with E-state index in [4.69, 9.17) is 4.42 Å². The van der Waals surface area contributed by atoms with Crippen LogP contribution in [0, 0.1) is 0 Å². The lowest BCUT2D eigenvalue weighted by Crippen LogP contribution is -2.11. The number of carbonyl (C=O) groups excluding carboxylic acids is 1. The number of aliphatic hydroxyl groups excluding tert-OH is 1. The van der Waals surface area contributed by atoms with Crippen LogP contribution in [0.3, 0.4) is 0 Å². The zero-order valence-electron chi connectivity index (χ0n) is 11.4. The second-order valence-electron chi connectivity index (χ2n) is 4.47. The summed E-state index contributed by atoms with van der Waals surface area (Å²) in [6, 6.07) is 11.9. The van der Waals surface area contributed by atoms with Gasteiger partial charge in [-0.1, -0.05) is 30.3 Å². The molecule has 1 aromatic carbocycles. The molecule has 0 bridgehead atoms. The molecule has 5 nitrogen and oxygen atoms in total. The van der Waals surface area contributed by atoms with Crippen molar-refractivity contribution in [2.45, 2.75) is 6.10 Å². The molecular formula is C15H16N2O3. The van der Waals surface area contributed by atoms with Gasteiger partial charge in [0.2, 0.25) is 5.78 Å². The molecule has 1 heterocycles. The number of aliphatic hydroxyl groups is 1. The lowest BCUT2D eigenvalue weighted by atomic mass is 10.0. The Hall–Kier alpha value is -2.40. The summed E-state index contributed by atoms with van der Waals surface area (Å²) in [4.78, 5) is 12.1. The molecule has 1 atom stereocenters. The second kappa shape index (κ2) is 6.16. The van der Waals surface area contributed by atoms with E-state index in [1.54, 1.807) is 49.4 Å². The van der Waals surface area contributed by atoms with Crippen LogP contribution in [0.15, 0.2) is 52.0 Å². The highest BCUT2D eigenvalue weighted by molar-refractivity contribution is 5.98. The van der Waals surface area contributed by atoms with Crippen LogP contribution in [0.1, 0.15) is 28.0 Å². The average Bonchev–Trinajstić information content (AvgIpc) is 2.93. The van der Waals surface area contributed by atoms with Gasteiger partial charge in [0.25, 0.3) is 0 Å². The summed E-state index contributed by atoms with van der Waals surface area (Å²) >= 11 is 0. The predicted molar refractivity (Wildman–Crippen MR) is 75.7 cm³/mol. The summed E-state index contributed by atoms with van der Waals surface area (Å²) in [5.41, 5.74) is 0.539. The molecule has 0 amide bonds. The molecule has 0 radical (unpaired) electrons. The van der Waals surface area contributed by atoms with Crippen LogP contribution < -0.4 is 0 Å². The van der Waals surface area contributed by atoms with Crippen molar-refractivity contribution in [3.63, 3.8) is 0 Å². The lowest BCUT2D eigenvalue weighted by Gasteiger charge is -2.07. The van der Waals surface area contributed by atoms with Gasteiger partial charge in [0, 0.05) is 14.1 Å². The van der Waals surface area contributed by atoms with Gasteiger partial charge in [0.05, 0.1) is 6.21 Å². The Morgan fingerprint density at radius 2 is 1.95 bits per heavy atom. The molecule has 0 saturated heterocycles. The Bertz CT molecular complexity index is 603. The zero-order valence-corrected chi connectivity index (χ0v) is 11.4. The first-order chi connectivity index (χ1) is 9.58. The molecule has 0 aliphatic rings. The number of hydrogen-bond acceptors (Lipinski definition) is 5. The van der Waals surface area contributed by atoms with Crippen molar-refractivity contribution in [2.75, 3.05) is 14.1 Å². The van der Waals surface area contributed by atoms with Crippen molar-refractivity contribution in [3.8, 4) is 0 Å². The molecular weight excluding hydrogens is 256 g/mol.